The first-order valence-corrected chi connectivity index (χ1v) is 11.3. The molecule has 9 nitrogen and oxygen atoms in total. The molecular formula is C27H26N2O7. The van der Waals surface area contributed by atoms with Gasteiger partial charge < -0.3 is 28.8 Å². The summed E-state index contributed by atoms with van der Waals surface area (Å²) < 4.78 is 28.1. The van der Waals surface area contributed by atoms with Crippen LogP contribution in [-0.2, 0) is 0 Å². The highest BCUT2D eigenvalue weighted by atomic mass is 16.5. The van der Waals surface area contributed by atoms with Gasteiger partial charge in [0.15, 0.2) is 11.5 Å². The molecule has 3 aromatic rings. The molecule has 2 atom stereocenters. The maximum Gasteiger partial charge on any atom is 0.340 e. The van der Waals surface area contributed by atoms with E-state index in [0.717, 1.165) is 16.8 Å². The van der Waals surface area contributed by atoms with Gasteiger partial charge in [-0.1, -0.05) is 18.2 Å². The lowest BCUT2D eigenvalue weighted by Gasteiger charge is -2.38. The Morgan fingerprint density at radius 3 is 2.42 bits per heavy atom. The fourth-order valence-corrected chi connectivity index (χ4v) is 4.81. The van der Waals surface area contributed by atoms with Crippen LogP contribution in [0.25, 0.3) is 0 Å². The molecule has 1 N–H and O–H groups in total. The molecule has 0 aliphatic carbocycles. The number of methoxy groups -OCH3 is 4. The molecule has 0 unspecified atom stereocenters. The molecule has 0 spiro atoms. The highest BCUT2D eigenvalue weighted by Gasteiger charge is 2.43. The third-order valence-electron chi connectivity index (χ3n) is 6.48. The average Bonchev–Trinajstić information content (AvgIpc) is 3.36. The zero-order chi connectivity index (χ0) is 25.4. The maximum atomic E-state index is 12.4. The average molecular weight is 491 g/mol. The number of fused-ring (bicyclic) bond motifs is 3. The van der Waals surface area contributed by atoms with Crippen molar-refractivity contribution in [2.24, 2.45) is 5.10 Å². The molecule has 5 rings (SSSR count). The Morgan fingerprint density at radius 2 is 1.72 bits per heavy atom. The molecule has 0 aromatic heterocycles. The highest BCUT2D eigenvalue weighted by molar-refractivity contribution is 6.04. The molecule has 2 aliphatic rings. The van der Waals surface area contributed by atoms with Crippen molar-refractivity contribution in [2.75, 3.05) is 28.4 Å². The van der Waals surface area contributed by atoms with Crippen LogP contribution in [0, 0.1) is 0 Å². The van der Waals surface area contributed by atoms with Crippen molar-refractivity contribution in [3.05, 3.63) is 76.9 Å². The number of hydrazone groups is 1. The zero-order valence-electron chi connectivity index (χ0n) is 20.3. The lowest BCUT2D eigenvalue weighted by atomic mass is 9.94. The predicted octanol–water partition coefficient (Wildman–Crippen LogP) is 4.66. The van der Waals surface area contributed by atoms with E-state index in [-0.39, 0.29) is 17.4 Å². The van der Waals surface area contributed by atoms with Crippen molar-refractivity contribution >= 4 is 11.7 Å². The Kier molecular flexibility index (Phi) is 6.05. The van der Waals surface area contributed by atoms with Crippen LogP contribution in [0.2, 0.25) is 0 Å². The monoisotopic (exact) mass is 490 g/mol. The van der Waals surface area contributed by atoms with Gasteiger partial charge in [0, 0.05) is 29.2 Å². The fourth-order valence-electron chi connectivity index (χ4n) is 4.81. The molecule has 0 fully saturated rings. The van der Waals surface area contributed by atoms with E-state index in [1.807, 2.05) is 47.5 Å². The molecule has 36 heavy (non-hydrogen) atoms. The maximum absolute atomic E-state index is 12.4. The van der Waals surface area contributed by atoms with Crippen molar-refractivity contribution in [2.45, 2.75) is 18.7 Å². The SMILES string of the molecule is COc1ccc(C2=NN3[C@H](C2)c2ccccc2O[C@H]3c2ccc(OC)c(OC)c2C(=O)O)c(OC)c1. The molecule has 2 aliphatic heterocycles. The first-order chi connectivity index (χ1) is 17.5. The van der Waals surface area contributed by atoms with E-state index in [1.165, 1.54) is 14.2 Å². The summed E-state index contributed by atoms with van der Waals surface area (Å²) >= 11 is 0. The molecule has 0 saturated heterocycles. The first-order valence-electron chi connectivity index (χ1n) is 11.3. The van der Waals surface area contributed by atoms with Gasteiger partial charge in [-0.15, -0.1) is 0 Å². The van der Waals surface area contributed by atoms with Crippen LogP contribution in [0.15, 0.2) is 59.7 Å². The first kappa shape index (κ1) is 23.3. The second-order valence-electron chi connectivity index (χ2n) is 8.29. The Bertz CT molecular complexity index is 1350. The minimum absolute atomic E-state index is 0.0364. The van der Waals surface area contributed by atoms with Crippen LogP contribution < -0.4 is 23.7 Å². The molecule has 3 aromatic carbocycles. The van der Waals surface area contributed by atoms with Gasteiger partial charge in [0.1, 0.15) is 22.8 Å². The summed E-state index contributed by atoms with van der Waals surface area (Å²) in [7, 11) is 6.08. The van der Waals surface area contributed by atoms with Crippen LogP contribution >= 0.6 is 0 Å². The second kappa shape index (κ2) is 9.33. The third kappa shape index (κ3) is 3.73. The number of aromatic carboxylic acids is 1. The van der Waals surface area contributed by atoms with E-state index >= 15 is 0 Å². The third-order valence-corrected chi connectivity index (χ3v) is 6.48. The van der Waals surface area contributed by atoms with Crippen molar-refractivity contribution < 1.29 is 33.6 Å². The number of carbonyl (C=O) groups is 1. The number of ether oxygens (including phenoxy) is 5. The summed E-state index contributed by atoms with van der Waals surface area (Å²) in [6, 6.07) is 16.5. The van der Waals surface area contributed by atoms with Gasteiger partial charge in [-0.3, -0.25) is 0 Å². The molecule has 9 heteroatoms. The van der Waals surface area contributed by atoms with Crippen molar-refractivity contribution in [1.29, 1.82) is 0 Å². The molecule has 0 amide bonds. The second-order valence-corrected chi connectivity index (χ2v) is 8.29. The summed E-state index contributed by atoms with van der Waals surface area (Å²) in [5.41, 5.74) is 2.96. The van der Waals surface area contributed by atoms with Gasteiger partial charge in [0.05, 0.1) is 40.2 Å². The standard InChI is InChI=1S/C27H26N2O7/c1-32-15-9-10-16(23(13-15)34-3)19-14-20-17-7-5-6-8-21(17)36-26(29(20)28-19)18-11-12-22(33-2)25(35-4)24(18)27(30)31/h5-13,20,26H,14H2,1-4H3,(H,30,31)/t20-,26+/m1/s1. The molecular weight excluding hydrogens is 464 g/mol. The summed E-state index contributed by atoms with van der Waals surface area (Å²) in [5.74, 6) is 1.28. The number of carboxylic acid groups (broad SMARTS) is 1. The number of para-hydroxylation sites is 1. The van der Waals surface area contributed by atoms with Gasteiger partial charge in [-0.25, -0.2) is 9.80 Å². The Hall–Kier alpha value is -4.40. The minimum atomic E-state index is -1.15. The normalized spacial score (nSPS) is 17.9. The predicted molar refractivity (Wildman–Crippen MR) is 132 cm³/mol. The number of hydrogen-bond acceptors (Lipinski definition) is 8. The van der Waals surface area contributed by atoms with Crippen molar-refractivity contribution in [3.8, 4) is 28.7 Å². The van der Waals surface area contributed by atoms with E-state index in [0.29, 0.717) is 35.0 Å². The lowest BCUT2D eigenvalue weighted by molar-refractivity contribution is -0.0199. The number of benzene rings is 3. The van der Waals surface area contributed by atoms with E-state index in [9.17, 15) is 9.90 Å². The highest BCUT2D eigenvalue weighted by Crippen LogP contribution is 2.50. The van der Waals surface area contributed by atoms with Crippen molar-refractivity contribution in [1.82, 2.24) is 5.01 Å². The van der Waals surface area contributed by atoms with Gasteiger partial charge in [0.25, 0.3) is 0 Å². The number of carboxylic acids is 1. The number of rotatable bonds is 7. The topological polar surface area (TPSA) is 99.1 Å². The number of hydrogen-bond donors (Lipinski definition) is 1. The molecule has 186 valence electrons. The van der Waals surface area contributed by atoms with Gasteiger partial charge in [0.2, 0.25) is 6.23 Å². The zero-order valence-corrected chi connectivity index (χ0v) is 20.3. The Labute approximate surface area is 208 Å². The van der Waals surface area contributed by atoms with Crippen LogP contribution in [0.3, 0.4) is 0 Å². The van der Waals surface area contributed by atoms with Crippen LogP contribution in [-0.4, -0.2) is 50.2 Å². The summed E-state index contributed by atoms with van der Waals surface area (Å²) in [6.07, 6.45) is -0.229. The quantitative estimate of drug-likeness (QED) is 0.511. The summed E-state index contributed by atoms with van der Waals surface area (Å²) in [5, 5.41) is 16.9. The molecule has 0 bridgehead atoms. The van der Waals surface area contributed by atoms with Gasteiger partial charge in [-0.05, 0) is 30.3 Å². The Balaban J connectivity index is 1.67. The molecule has 2 heterocycles. The van der Waals surface area contributed by atoms with E-state index in [2.05, 4.69) is 0 Å². The van der Waals surface area contributed by atoms with Crippen LogP contribution in [0.5, 0.6) is 28.7 Å². The van der Waals surface area contributed by atoms with E-state index in [1.54, 1.807) is 26.4 Å². The van der Waals surface area contributed by atoms with Crippen LogP contribution in [0.1, 0.15) is 45.7 Å². The number of nitrogens with zero attached hydrogens (tertiary/aromatic N) is 2. The molecule has 0 saturated carbocycles. The lowest BCUT2D eigenvalue weighted by Crippen LogP contribution is -2.34. The van der Waals surface area contributed by atoms with Gasteiger partial charge >= 0.3 is 5.97 Å². The molecule has 0 radical (unpaired) electrons. The summed E-state index contributed by atoms with van der Waals surface area (Å²) in [4.78, 5) is 12.4. The van der Waals surface area contributed by atoms with E-state index in [4.69, 9.17) is 28.8 Å². The minimum Gasteiger partial charge on any atom is -0.497 e. The Morgan fingerprint density at radius 1 is 0.944 bits per heavy atom. The van der Waals surface area contributed by atoms with Crippen molar-refractivity contribution in [3.63, 3.8) is 0 Å². The largest absolute Gasteiger partial charge is 0.497 e. The fraction of sp³-hybridized carbons (Fsp3) is 0.259. The summed E-state index contributed by atoms with van der Waals surface area (Å²) in [6.45, 7) is 0. The van der Waals surface area contributed by atoms with Gasteiger partial charge in [-0.2, -0.15) is 5.10 Å². The van der Waals surface area contributed by atoms with Crippen LogP contribution in [0.4, 0.5) is 0 Å². The smallest absolute Gasteiger partial charge is 0.340 e. The van der Waals surface area contributed by atoms with E-state index < -0.39 is 12.2 Å².